The molecule has 1 aliphatic rings. The Kier molecular flexibility index (Phi) is 4.69. The van der Waals surface area contributed by atoms with Crippen LogP contribution in [-0.4, -0.2) is 25.1 Å². The molecule has 3 nitrogen and oxygen atoms in total. The van der Waals surface area contributed by atoms with Gasteiger partial charge in [0.1, 0.15) is 5.82 Å². The van der Waals surface area contributed by atoms with Crippen molar-refractivity contribution in [3.63, 3.8) is 0 Å². The molecule has 0 aliphatic carbocycles. The maximum atomic E-state index is 6.37. The summed E-state index contributed by atoms with van der Waals surface area (Å²) < 4.78 is 0. The first kappa shape index (κ1) is 14.6. The van der Waals surface area contributed by atoms with Gasteiger partial charge in [-0.05, 0) is 36.9 Å². The summed E-state index contributed by atoms with van der Waals surface area (Å²) in [7, 11) is 1.93. The summed E-state index contributed by atoms with van der Waals surface area (Å²) in [5.74, 6) is 0.944. The molecule has 0 bridgehead atoms. The third kappa shape index (κ3) is 3.40. The molecule has 106 valence electrons. The van der Waals surface area contributed by atoms with E-state index in [-0.39, 0.29) is 0 Å². The fraction of sp³-hybridized carbons (Fsp3) is 0.667. The van der Waals surface area contributed by atoms with Crippen molar-refractivity contribution in [1.82, 2.24) is 10.3 Å². The van der Waals surface area contributed by atoms with E-state index in [4.69, 9.17) is 11.6 Å². The van der Waals surface area contributed by atoms with E-state index in [0.29, 0.717) is 5.41 Å². The second kappa shape index (κ2) is 6.10. The van der Waals surface area contributed by atoms with Crippen LogP contribution >= 0.6 is 11.6 Å². The lowest BCUT2D eigenvalue weighted by Crippen LogP contribution is -2.39. The monoisotopic (exact) mass is 281 g/mol. The number of hydrogen-bond acceptors (Lipinski definition) is 3. The number of pyridine rings is 1. The lowest BCUT2D eigenvalue weighted by atomic mass is 9.78. The molecule has 1 N–H and O–H groups in total. The number of halogens is 1. The predicted molar refractivity (Wildman–Crippen MR) is 81.9 cm³/mol. The molecule has 0 unspecified atom stereocenters. The van der Waals surface area contributed by atoms with Gasteiger partial charge in [0.2, 0.25) is 0 Å². The maximum Gasteiger partial charge on any atom is 0.147 e. The van der Waals surface area contributed by atoms with Crippen molar-refractivity contribution < 1.29 is 0 Å². The lowest BCUT2D eigenvalue weighted by molar-refractivity contribution is 0.238. The molecule has 1 aromatic rings. The van der Waals surface area contributed by atoms with Gasteiger partial charge < -0.3 is 10.2 Å². The van der Waals surface area contributed by atoms with Gasteiger partial charge in [-0.3, -0.25) is 0 Å². The highest BCUT2D eigenvalue weighted by atomic mass is 35.5. The van der Waals surface area contributed by atoms with Crippen molar-refractivity contribution in [3.8, 4) is 0 Å². The van der Waals surface area contributed by atoms with Crippen LogP contribution in [0.5, 0.6) is 0 Å². The number of piperidine rings is 1. The molecular weight excluding hydrogens is 258 g/mol. The Labute approximate surface area is 121 Å². The molecule has 0 saturated carbocycles. The number of nitrogens with zero attached hydrogens (tertiary/aromatic N) is 2. The van der Waals surface area contributed by atoms with Crippen LogP contribution in [0.15, 0.2) is 12.3 Å². The van der Waals surface area contributed by atoms with Gasteiger partial charge in [0.15, 0.2) is 0 Å². The average molecular weight is 282 g/mol. The van der Waals surface area contributed by atoms with Gasteiger partial charge in [0.05, 0.1) is 5.02 Å². The number of nitrogens with one attached hydrogen (secondary N) is 1. The second-order valence-corrected chi connectivity index (χ2v) is 6.24. The van der Waals surface area contributed by atoms with Crippen LogP contribution in [0.25, 0.3) is 0 Å². The van der Waals surface area contributed by atoms with Crippen LogP contribution in [0.4, 0.5) is 5.82 Å². The van der Waals surface area contributed by atoms with Crippen LogP contribution in [0, 0.1) is 5.41 Å². The van der Waals surface area contributed by atoms with Crippen molar-refractivity contribution in [1.29, 1.82) is 0 Å². The zero-order valence-electron chi connectivity index (χ0n) is 12.2. The number of anilines is 1. The first-order chi connectivity index (χ1) is 9.08. The third-order valence-electron chi connectivity index (χ3n) is 4.38. The van der Waals surface area contributed by atoms with Crippen molar-refractivity contribution in [3.05, 3.63) is 22.8 Å². The Bertz CT molecular complexity index is 425. The number of hydrogen-bond donors (Lipinski definition) is 1. The van der Waals surface area contributed by atoms with Crippen molar-refractivity contribution in [2.75, 3.05) is 25.0 Å². The standard InChI is InChI=1S/C15H24ClN3/c1-4-15(2)5-7-19(8-6-15)14-13(16)9-12(10-17-3)11-18-14/h9,11,17H,4-8,10H2,1-3H3. The van der Waals surface area contributed by atoms with Crippen LogP contribution < -0.4 is 10.2 Å². The van der Waals surface area contributed by atoms with E-state index >= 15 is 0 Å². The predicted octanol–water partition coefficient (Wildman–Crippen LogP) is 3.47. The normalized spacial score (nSPS) is 18.6. The Hall–Kier alpha value is -0.800. The summed E-state index contributed by atoms with van der Waals surface area (Å²) in [6.07, 6.45) is 5.62. The molecule has 19 heavy (non-hydrogen) atoms. The molecule has 1 aromatic heterocycles. The highest BCUT2D eigenvalue weighted by Gasteiger charge is 2.29. The molecule has 1 aliphatic heterocycles. The summed E-state index contributed by atoms with van der Waals surface area (Å²) in [5.41, 5.74) is 1.63. The van der Waals surface area contributed by atoms with E-state index in [2.05, 4.69) is 29.0 Å². The van der Waals surface area contributed by atoms with E-state index in [9.17, 15) is 0 Å². The molecule has 1 fully saturated rings. The summed E-state index contributed by atoms with van der Waals surface area (Å²) in [4.78, 5) is 6.87. The summed E-state index contributed by atoms with van der Waals surface area (Å²) in [6.45, 7) is 7.59. The quantitative estimate of drug-likeness (QED) is 0.916. The molecule has 2 heterocycles. The Morgan fingerprint density at radius 2 is 2.11 bits per heavy atom. The molecule has 0 spiro atoms. The van der Waals surface area contributed by atoms with E-state index in [1.165, 1.54) is 19.3 Å². The smallest absolute Gasteiger partial charge is 0.147 e. The van der Waals surface area contributed by atoms with Gasteiger partial charge in [-0.25, -0.2) is 4.98 Å². The average Bonchev–Trinajstić information content (AvgIpc) is 2.41. The summed E-state index contributed by atoms with van der Waals surface area (Å²) in [6, 6.07) is 2.02. The maximum absolute atomic E-state index is 6.37. The largest absolute Gasteiger partial charge is 0.355 e. The van der Waals surface area contributed by atoms with Gasteiger partial charge in [0.25, 0.3) is 0 Å². The fourth-order valence-electron chi connectivity index (χ4n) is 2.62. The lowest BCUT2D eigenvalue weighted by Gasteiger charge is -2.39. The van der Waals surface area contributed by atoms with Crippen LogP contribution in [0.1, 0.15) is 38.7 Å². The van der Waals surface area contributed by atoms with Crippen LogP contribution in [0.2, 0.25) is 5.02 Å². The van der Waals surface area contributed by atoms with Crippen LogP contribution in [0.3, 0.4) is 0 Å². The van der Waals surface area contributed by atoms with Gasteiger partial charge >= 0.3 is 0 Å². The Balaban J connectivity index is 2.07. The third-order valence-corrected chi connectivity index (χ3v) is 4.66. The van der Waals surface area contributed by atoms with Crippen molar-refractivity contribution >= 4 is 17.4 Å². The fourth-order valence-corrected chi connectivity index (χ4v) is 2.92. The topological polar surface area (TPSA) is 28.2 Å². The highest BCUT2D eigenvalue weighted by Crippen LogP contribution is 2.36. The molecule has 1 saturated heterocycles. The minimum absolute atomic E-state index is 0.495. The van der Waals surface area contributed by atoms with Crippen molar-refractivity contribution in [2.24, 2.45) is 5.41 Å². The molecule has 0 atom stereocenters. The number of rotatable bonds is 4. The van der Waals surface area contributed by atoms with E-state index in [0.717, 1.165) is 36.0 Å². The van der Waals surface area contributed by atoms with Gasteiger partial charge in [0, 0.05) is 25.8 Å². The minimum Gasteiger partial charge on any atom is -0.355 e. The van der Waals surface area contributed by atoms with E-state index in [1.54, 1.807) is 0 Å². The Morgan fingerprint density at radius 1 is 1.42 bits per heavy atom. The number of aromatic nitrogens is 1. The molecular formula is C15H24ClN3. The van der Waals surface area contributed by atoms with Crippen molar-refractivity contribution in [2.45, 2.75) is 39.7 Å². The minimum atomic E-state index is 0.495. The highest BCUT2D eigenvalue weighted by molar-refractivity contribution is 6.33. The summed E-state index contributed by atoms with van der Waals surface area (Å²) >= 11 is 6.37. The van der Waals surface area contributed by atoms with Gasteiger partial charge in [-0.15, -0.1) is 0 Å². The summed E-state index contributed by atoms with van der Waals surface area (Å²) in [5, 5.41) is 3.89. The van der Waals surface area contributed by atoms with E-state index in [1.807, 2.05) is 19.3 Å². The molecule has 0 radical (unpaired) electrons. The van der Waals surface area contributed by atoms with Gasteiger partial charge in [-0.2, -0.15) is 0 Å². The van der Waals surface area contributed by atoms with Crippen LogP contribution in [-0.2, 0) is 6.54 Å². The Morgan fingerprint density at radius 3 is 2.63 bits per heavy atom. The molecule has 0 amide bonds. The molecule has 2 rings (SSSR count). The van der Waals surface area contributed by atoms with Gasteiger partial charge in [-0.1, -0.05) is 31.9 Å². The zero-order chi connectivity index (χ0) is 13.9. The SMILES string of the molecule is CCC1(C)CCN(c2ncc(CNC)cc2Cl)CC1. The first-order valence-electron chi connectivity index (χ1n) is 7.12. The van der Waals surface area contributed by atoms with E-state index < -0.39 is 0 Å². The molecule has 4 heteroatoms. The zero-order valence-corrected chi connectivity index (χ0v) is 12.9. The first-order valence-corrected chi connectivity index (χ1v) is 7.50. The molecule has 0 aromatic carbocycles. The second-order valence-electron chi connectivity index (χ2n) is 5.83.